The van der Waals surface area contributed by atoms with Gasteiger partial charge in [0.1, 0.15) is 6.04 Å². The predicted octanol–water partition coefficient (Wildman–Crippen LogP) is 3.52. The Balaban J connectivity index is 1.83. The Kier molecular flexibility index (Phi) is 5.45. The molecule has 1 amide bonds. The van der Waals surface area contributed by atoms with Gasteiger partial charge < -0.3 is 15.8 Å². The summed E-state index contributed by atoms with van der Waals surface area (Å²) < 4.78 is 4.94. The summed E-state index contributed by atoms with van der Waals surface area (Å²) in [4.78, 5) is 25.1. The number of carbonyl (C=O) groups excluding carboxylic acids is 2. The third-order valence-corrected chi connectivity index (χ3v) is 5.44. The van der Waals surface area contributed by atoms with E-state index in [0.717, 1.165) is 36.5 Å². The summed E-state index contributed by atoms with van der Waals surface area (Å²) in [7, 11) is 1.36. The summed E-state index contributed by atoms with van der Waals surface area (Å²) in [5.74, 6) is 0.0419. The van der Waals surface area contributed by atoms with Crippen molar-refractivity contribution in [2.24, 2.45) is 11.8 Å². The minimum absolute atomic E-state index is 0.101. The van der Waals surface area contributed by atoms with Crippen LogP contribution >= 0.6 is 0 Å². The van der Waals surface area contributed by atoms with Gasteiger partial charge in [-0.3, -0.25) is 4.79 Å². The fraction of sp³-hybridized carbons (Fsp3) is 0.429. The monoisotopic (exact) mass is 354 g/mol. The van der Waals surface area contributed by atoms with Gasteiger partial charge in [0, 0.05) is 5.69 Å². The Labute approximate surface area is 153 Å². The van der Waals surface area contributed by atoms with Crippen molar-refractivity contribution in [3.05, 3.63) is 42.0 Å². The van der Waals surface area contributed by atoms with Gasteiger partial charge in [-0.2, -0.15) is 0 Å². The minimum Gasteiger partial charge on any atom is -0.467 e. The van der Waals surface area contributed by atoms with E-state index in [0.29, 0.717) is 17.2 Å². The van der Waals surface area contributed by atoms with Gasteiger partial charge >= 0.3 is 5.97 Å². The molecule has 0 unspecified atom stereocenters. The first-order valence-electron chi connectivity index (χ1n) is 9.16. The Morgan fingerprint density at radius 2 is 1.73 bits per heavy atom. The molecule has 2 aromatic carbocycles. The third kappa shape index (κ3) is 3.82. The van der Waals surface area contributed by atoms with E-state index in [1.165, 1.54) is 7.11 Å². The van der Waals surface area contributed by atoms with E-state index in [9.17, 15) is 9.59 Å². The van der Waals surface area contributed by atoms with Crippen LogP contribution in [0.25, 0.3) is 10.8 Å². The predicted molar refractivity (Wildman–Crippen MR) is 103 cm³/mol. The molecule has 0 heterocycles. The number of nitrogens with one attached hydrogen (secondary N) is 1. The van der Waals surface area contributed by atoms with Gasteiger partial charge in [0.05, 0.1) is 12.7 Å². The van der Waals surface area contributed by atoms with Gasteiger partial charge in [0.25, 0.3) is 5.91 Å². The van der Waals surface area contributed by atoms with Crippen molar-refractivity contribution in [1.82, 2.24) is 5.32 Å². The number of nitrogens with two attached hydrogens (primary N) is 1. The lowest BCUT2D eigenvalue weighted by atomic mass is 9.79. The van der Waals surface area contributed by atoms with Gasteiger partial charge in [0.15, 0.2) is 0 Å². The zero-order chi connectivity index (χ0) is 18.7. The van der Waals surface area contributed by atoms with E-state index >= 15 is 0 Å². The Hall–Kier alpha value is -2.56. The molecule has 1 saturated carbocycles. The number of hydrogen-bond acceptors (Lipinski definition) is 4. The quantitative estimate of drug-likeness (QED) is 0.650. The molecule has 0 spiro atoms. The van der Waals surface area contributed by atoms with E-state index in [-0.39, 0.29) is 11.8 Å². The number of rotatable bonds is 4. The molecule has 1 aliphatic rings. The van der Waals surface area contributed by atoms with Crippen LogP contribution in [0.15, 0.2) is 36.4 Å². The number of carbonyl (C=O) groups is 2. The molecule has 0 saturated heterocycles. The number of benzene rings is 2. The Bertz CT molecular complexity index is 810. The van der Waals surface area contributed by atoms with Crippen molar-refractivity contribution >= 4 is 28.3 Å². The van der Waals surface area contributed by atoms with Crippen LogP contribution in [0.5, 0.6) is 0 Å². The first kappa shape index (κ1) is 18.2. The van der Waals surface area contributed by atoms with Gasteiger partial charge in [-0.15, -0.1) is 0 Å². The number of anilines is 1. The van der Waals surface area contributed by atoms with Crippen molar-refractivity contribution < 1.29 is 14.3 Å². The first-order valence-corrected chi connectivity index (χ1v) is 9.16. The first-order chi connectivity index (χ1) is 12.5. The number of methoxy groups -OCH3 is 1. The SMILES string of the molecule is COC(=O)[C@@H](NC(=O)c1cc2ccccc2cc1N)C1CCC(C)CC1. The molecule has 1 atom stereocenters. The van der Waals surface area contributed by atoms with Crippen molar-refractivity contribution in [2.75, 3.05) is 12.8 Å². The van der Waals surface area contributed by atoms with Crippen molar-refractivity contribution in [3.8, 4) is 0 Å². The maximum absolute atomic E-state index is 12.8. The van der Waals surface area contributed by atoms with E-state index in [4.69, 9.17) is 10.5 Å². The molecule has 26 heavy (non-hydrogen) atoms. The molecule has 3 N–H and O–H groups in total. The van der Waals surface area contributed by atoms with Crippen LogP contribution in [-0.2, 0) is 9.53 Å². The van der Waals surface area contributed by atoms with Crippen LogP contribution in [0.2, 0.25) is 0 Å². The molecular weight excluding hydrogens is 328 g/mol. The van der Waals surface area contributed by atoms with Crippen LogP contribution in [0, 0.1) is 11.8 Å². The second-order valence-corrected chi connectivity index (χ2v) is 7.28. The maximum atomic E-state index is 12.8. The van der Waals surface area contributed by atoms with Crippen LogP contribution in [0.1, 0.15) is 43.0 Å². The van der Waals surface area contributed by atoms with Gasteiger partial charge in [-0.05, 0) is 47.6 Å². The summed E-state index contributed by atoms with van der Waals surface area (Å²) >= 11 is 0. The lowest BCUT2D eigenvalue weighted by Gasteiger charge is -2.31. The number of fused-ring (bicyclic) bond motifs is 1. The fourth-order valence-electron chi connectivity index (χ4n) is 3.79. The molecule has 1 aliphatic carbocycles. The lowest BCUT2D eigenvalue weighted by molar-refractivity contribution is -0.144. The summed E-state index contributed by atoms with van der Waals surface area (Å²) in [5, 5.41) is 4.80. The molecule has 0 radical (unpaired) electrons. The zero-order valence-electron chi connectivity index (χ0n) is 15.3. The highest BCUT2D eigenvalue weighted by Gasteiger charge is 2.33. The molecule has 5 nitrogen and oxygen atoms in total. The molecule has 138 valence electrons. The number of amides is 1. The molecular formula is C21H26N2O3. The van der Waals surface area contributed by atoms with E-state index in [1.54, 1.807) is 12.1 Å². The molecule has 2 aromatic rings. The second kappa shape index (κ2) is 7.77. The molecule has 0 aromatic heterocycles. The standard InChI is InChI=1S/C21H26N2O3/c1-13-7-9-14(10-8-13)19(21(25)26-2)23-20(24)17-11-15-5-3-4-6-16(15)12-18(17)22/h3-6,11-14,19H,7-10,22H2,1-2H3,(H,23,24)/t13?,14?,19-/m0/s1. The molecule has 3 rings (SSSR count). The normalized spacial score (nSPS) is 21.2. The maximum Gasteiger partial charge on any atom is 0.328 e. The van der Waals surface area contributed by atoms with Crippen LogP contribution in [0.4, 0.5) is 5.69 Å². The smallest absolute Gasteiger partial charge is 0.328 e. The largest absolute Gasteiger partial charge is 0.467 e. The highest BCUT2D eigenvalue weighted by molar-refractivity contribution is 6.05. The summed E-state index contributed by atoms with van der Waals surface area (Å²) in [6.45, 7) is 2.22. The molecule has 1 fully saturated rings. The number of hydrogen-bond donors (Lipinski definition) is 2. The van der Waals surface area contributed by atoms with Crippen molar-refractivity contribution in [2.45, 2.75) is 38.6 Å². The zero-order valence-corrected chi connectivity index (χ0v) is 15.3. The van der Waals surface area contributed by atoms with Crippen molar-refractivity contribution in [3.63, 3.8) is 0 Å². The summed E-state index contributed by atoms with van der Waals surface area (Å²) in [6, 6.07) is 10.7. The number of nitrogen functional groups attached to an aromatic ring is 1. The third-order valence-electron chi connectivity index (χ3n) is 5.44. The average Bonchev–Trinajstić information content (AvgIpc) is 2.65. The van der Waals surface area contributed by atoms with Crippen molar-refractivity contribution in [1.29, 1.82) is 0 Å². The highest BCUT2D eigenvalue weighted by atomic mass is 16.5. The molecule has 0 aliphatic heterocycles. The van der Waals surface area contributed by atoms with Crippen LogP contribution in [-0.4, -0.2) is 25.0 Å². The summed E-state index contributed by atoms with van der Waals surface area (Å²) in [5.41, 5.74) is 6.89. The van der Waals surface area contributed by atoms with Gasteiger partial charge in [-0.25, -0.2) is 4.79 Å². The van der Waals surface area contributed by atoms with Gasteiger partial charge in [0.2, 0.25) is 0 Å². The fourth-order valence-corrected chi connectivity index (χ4v) is 3.79. The lowest BCUT2D eigenvalue weighted by Crippen LogP contribution is -2.47. The molecule has 5 heteroatoms. The number of ether oxygens (including phenoxy) is 1. The van der Waals surface area contributed by atoms with Gasteiger partial charge in [-0.1, -0.05) is 44.0 Å². The Morgan fingerprint density at radius 3 is 2.35 bits per heavy atom. The Morgan fingerprint density at radius 1 is 1.12 bits per heavy atom. The number of esters is 1. The van der Waals surface area contributed by atoms with Crippen LogP contribution in [0.3, 0.4) is 0 Å². The van der Waals surface area contributed by atoms with E-state index in [2.05, 4.69) is 12.2 Å². The second-order valence-electron chi connectivity index (χ2n) is 7.28. The van der Waals surface area contributed by atoms with E-state index in [1.807, 2.05) is 24.3 Å². The van der Waals surface area contributed by atoms with Crippen LogP contribution < -0.4 is 11.1 Å². The summed E-state index contributed by atoms with van der Waals surface area (Å²) in [6.07, 6.45) is 3.95. The topological polar surface area (TPSA) is 81.4 Å². The molecule has 0 bridgehead atoms. The average molecular weight is 354 g/mol. The van der Waals surface area contributed by atoms with E-state index < -0.39 is 12.0 Å². The highest BCUT2D eigenvalue weighted by Crippen LogP contribution is 2.31. The minimum atomic E-state index is -0.633.